The van der Waals surface area contributed by atoms with Crippen molar-refractivity contribution in [3.8, 4) is 0 Å². The van der Waals surface area contributed by atoms with Crippen LogP contribution in [0.15, 0.2) is 36.9 Å². The fourth-order valence-electron chi connectivity index (χ4n) is 2.26. The molecule has 3 heteroatoms. The van der Waals surface area contributed by atoms with Gasteiger partial charge in [-0.15, -0.1) is 0 Å². The molecule has 84 valence electrons. The van der Waals surface area contributed by atoms with Gasteiger partial charge in [-0.3, -0.25) is 4.79 Å². The van der Waals surface area contributed by atoms with Gasteiger partial charge in [0.05, 0.1) is 0 Å². The van der Waals surface area contributed by atoms with Gasteiger partial charge in [-0.25, -0.2) is 0 Å². The Morgan fingerprint density at radius 3 is 3.00 bits per heavy atom. The first-order valence-electron chi connectivity index (χ1n) is 5.51. The predicted molar refractivity (Wildman–Crippen MR) is 65.4 cm³/mol. The molecule has 0 saturated carbocycles. The minimum Gasteiger partial charge on any atom is -0.330 e. The molecule has 0 bridgehead atoms. The number of rotatable bonds is 3. The van der Waals surface area contributed by atoms with Gasteiger partial charge >= 0.3 is 0 Å². The molecule has 0 radical (unpaired) electrons. The third-order valence-corrected chi connectivity index (χ3v) is 3.03. The summed E-state index contributed by atoms with van der Waals surface area (Å²) in [6.45, 7) is 4.90. The van der Waals surface area contributed by atoms with Crippen molar-refractivity contribution in [1.29, 1.82) is 0 Å². The van der Waals surface area contributed by atoms with Crippen LogP contribution < -0.4 is 10.6 Å². The summed E-state index contributed by atoms with van der Waals surface area (Å²) >= 11 is 0. The van der Waals surface area contributed by atoms with Crippen LogP contribution in [0.1, 0.15) is 17.9 Å². The molecular formula is C13H16N2O. The zero-order valence-corrected chi connectivity index (χ0v) is 9.23. The Bertz CT molecular complexity index is 414. The van der Waals surface area contributed by atoms with E-state index in [1.807, 2.05) is 18.2 Å². The predicted octanol–water partition coefficient (Wildman–Crippen LogP) is 1.65. The Balaban J connectivity index is 2.35. The van der Waals surface area contributed by atoms with Crippen LogP contribution in [0, 0.1) is 0 Å². The highest BCUT2D eigenvalue weighted by atomic mass is 16.2. The van der Waals surface area contributed by atoms with Crippen LogP contribution in [0.5, 0.6) is 0 Å². The van der Waals surface area contributed by atoms with Crippen LogP contribution in [-0.2, 0) is 4.79 Å². The summed E-state index contributed by atoms with van der Waals surface area (Å²) < 4.78 is 0. The molecule has 0 fully saturated rings. The van der Waals surface area contributed by atoms with Gasteiger partial charge in [0.2, 0.25) is 5.91 Å². The molecule has 0 spiro atoms. The second-order valence-corrected chi connectivity index (χ2v) is 3.99. The van der Waals surface area contributed by atoms with Gasteiger partial charge in [-0.1, -0.05) is 24.8 Å². The van der Waals surface area contributed by atoms with E-state index in [0.29, 0.717) is 12.5 Å². The van der Waals surface area contributed by atoms with E-state index >= 15 is 0 Å². The molecule has 1 heterocycles. The van der Waals surface area contributed by atoms with Crippen LogP contribution in [-0.4, -0.2) is 19.0 Å². The Morgan fingerprint density at radius 1 is 1.56 bits per heavy atom. The third kappa shape index (κ3) is 1.74. The van der Waals surface area contributed by atoms with E-state index in [2.05, 4.69) is 12.6 Å². The highest BCUT2D eigenvalue weighted by Gasteiger charge is 2.30. The number of hydrogen-bond acceptors (Lipinski definition) is 2. The lowest BCUT2D eigenvalue weighted by atomic mass is 9.98. The second-order valence-electron chi connectivity index (χ2n) is 3.99. The number of benzene rings is 1. The second kappa shape index (κ2) is 4.49. The molecule has 1 aliphatic rings. The molecule has 1 unspecified atom stereocenters. The average Bonchev–Trinajstić information content (AvgIpc) is 2.68. The number of nitrogens with two attached hydrogens (primary N) is 1. The summed E-state index contributed by atoms with van der Waals surface area (Å²) in [6.07, 6.45) is 2.28. The van der Waals surface area contributed by atoms with Crippen molar-refractivity contribution in [2.75, 3.05) is 18.0 Å². The van der Waals surface area contributed by atoms with E-state index in [0.717, 1.165) is 18.7 Å². The minimum atomic E-state index is -0.0352. The zero-order chi connectivity index (χ0) is 11.5. The van der Waals surface area contributed by atoms with Gasteiger partial charge in [0, 0.05) is 18.2 Å². The topological polar surface area (TPSA) is 46.3 Å². The normalized spacial score (nSPS) is 18.3. The van der Waals surface area contributed by atoms with Crippen molar-refractivity contribution >= 4 is 11.6 Å². The lowest BCUT2D eigenvalue weighted by molar-refractivity contribution is -0.114. The van der Waals surface area contributed by atoms with Crippen LogP contribution >= 0.6 is 0 Å². The summed E-state index contributed by atoms with van der Waals surface area (Å²) in [5.74, 6) is 0.331. The van der Waals surface area contributed by atoms with Gasteiger partial charge in [0.15, 0.2) is 0 Å². The number of nitrogens with zero attached hydrogens (tertiary/aromatic N) is 1. The van der Waals surface area contributed by atoms with E-state index in [4.69, 9.17) is 5.73 Å². The molecule has 2 rings (SSSR count). The molecule has 0 aromatic heterocycles. The van der Waals surface area contributed by atoms with Crippen molar-refractivity contribution in [3.63, 3.8) is 0 Å². The molecule has 3 nitrogen and oxygen atoms in total. The van der Waals surface area contributed by atoms with Crippen LogP contribution in [0.25, 0.3) is 0 Å². The fraction of sp³-hybridized carbons (Fsp3) is 0.308. The third-order valence-electron chi connectivity index (χ3n) is 3.03. The first kappa shape index (κ1) is 10.9. The molecule has 1 aromatic rings. The fourth-order valence-corrected chi connectivity index (χ4v) is 2.26. The maximum Gasteiger partial charge on any atom is 0.250 e. The Hall–Kier alpha value is -1.61. The summed E-state index contributed by atoms with van der Waals surface area (Å²) in [6, 6.07) is 8.01. The Labute approximate surface area is 95.6 Å². The Morgan fingerprint density at radius 2 is 2.31 bits per heavy atom. The van der Waals surface area contributed by atoms with E-state index in [-0.39, 0.29) is 5.91 Å². The number of fused-ring (bicyclic) bond motifs is 1. The number of carbonyl (C=O) groups is 1. The quantitative estimate of drug-likeness (QED) is 0.781. The van der Waals surface area contributed by atoms with Crippen molar-refractivity contribution in [2.24, 2.45) is 5.73 Å². The molecule has 1 aromatic carbocycles. The SMILES string of the molecule is C=CC(=O)N1CC(CCN)c2ccccc21. The molecule has 1 amide bonds. The van der Waals surface area contributed by atoms with E-state index < -0.39 is 0 Å². The minimum absolute atomic E-state index is 0.0352. The first-order valence-corrected chi connectivity index (χ1v) is 5.51. The molecule has 1 aliphatic heterocycles. The number of amides is 1. The average molecular weight is 216 g/mol. The number of anilines is 1. The van der Waals surface area contributed by atoms with Crippen molar-refractivity contribution in [2.45, 2.75) is 12.3 Å². The van der Waals surface area contributed by atoms with Gasteiger partial charge in [-0.05, 0) is 30.7 Å². The number of hydrogen-bond donors (Lipinski definition) is 1. The molecular weight excluding hydrogens is 200 g/mol. The summed E-state index contributed by atoms with van der Waals surface area (Å²) in [4.78, 5) is 13.5. The summed E-state index contributed by atoms with van der Waals surface area (Å²) in [5, 5.41) is 0. The molecule has 1 atom stereocenters. The molecule has 16 heavy (non-hydrogen) atoms. The van der Waals surface area contributed by atoms with E-state index in [9.17, 15) is 4.79 Å². The summed E-state index contributed by atoms with van der Waals surface area (Å²) in [7, 11) is 0. The van der Waals surface area contributed by atoms with E-state index in [1.165, 1.54) is 11.6 Å². The maximum atomic E-state index is 11.7. The van der Waals surface area contributed by atoms with Crippen LogP contribution in [0.4, 0.5) is 5.69 Å². The lowest BCUT2D eigenvalue weighted by Gasteiger charge is -2.15. The van der Waals surface area contributed by atoms with Crippen LogP contribution in [0.3, 0.4) is 0 Å². The van der Waals surface area contributed by atoms with Crippen molar-refractivity contribution in [3.05, 3.63) is 42.5 Å². The largest absolute Gasteiger partial charge is 0.330 e. The number of carbonyl (C=O) groups excluding carboxylic acids is 1. The van der Waals surface area contributed by atoms with Gasteiger partial charge in [-0.2, -0.15) is 0 Å². The highest BCUT2D eigenvalue weighted by molar-refractivity contribution is 6.02. The van der Waals surface area contributed by atoms with Gasteiger partial charge < -0.3 is 10.6 Å². The molecule has 2 N–H and O–H groups in total. The van der Waals surface area contributed by atoms with Gasteiger partial charge in [0.1, 0.15) is 0 Å². The number of para-hydroxylation sites is 1. The standard InChI is InChI=1S/C13H16N2O/c1-2-13(16)15-9-10(7-8-14)11-5-3-4-6-12(11)15/h2-6,10H,1,7-9,14H2. The lowest BCUT2D eigenvalue weighted by Crippen LogP contribution is -2.28. The smallest absolute Gasteiger partial charge is 0.250 e. The Kier molecular flexibility index (Phi) is 3.06. The molecule has 0 aliphatic carbocycles. The van der Waals surface area contributed by atoms with Crippen molar-refractivity contribution in [1.82, 2.24) is 0 Å². The van der Waals surface area contributed by atoms with Crippen LogP contribution in [0.2, 0.25) is 0 Å². The van der Waals surface area contributed by atoms with Gasteiger partial charge in [0.25, 0.3) is 0 Å². The monoisotopic (exact) mass is 216 g/mol. The first-order chi connectivity index (χ1) is 7.77. The van der Waals surface area contributed by atoms with Crippen molar-refractivity contribution < 1.29 is 4.79 Å². The van der Waals surface area contributed by atoms with E-state index in [1.54, 1.807) is 4.90 Å². The zero-order valence-electron chi connectivity index (χ0n) is 9.23. The maximum absolute atomic E-state index is 11.7. The highest BCUT2D eigenvalue weighted by Crippen LogP contribution is 2.37. The molecule has 0 saturated heterocycles. The summed E-state index contributed by atoms with van der Waals surface area (Å²) in [5.41, 5.74) is 7.83.